The number of carbonyl (C=O) groups excluding carboxylic acids is 1. The number of carbonyl (C=O) groups is 2. The molecule has 41 heavy (non-hydrogen) atoms. The molecule has 4 heteroatoms. The first-order chi connectivity index (χ1) is 20.1. The third-order valence-corrected chi connectivity index (χ3v) is 9.99. The highest BCUT2D eigenvalue weighted by atomic mass is 16.5. The Hall–Kier alpha value is -1.58. The molecule has 0 spiro atoms. The fourth-order valence-electron chi connectivity index (χ4n) is 7.74. The summed E-state index contributed by atoms with van der Waals surface area (Å²) < 4.78 is 5.66. The predicted molar refractivity (Wildman–Crippen MR) is 172 cm³/mol. The zero-order valence-corrected chi connectivity index (χ0v) is 26.8. The summed E-state index contributed by atoms with van der Waals surface area (Å²) in [6.45, 7) is 2.96. The second-order valence-electron chi connectivity index (χ2n) is 13.2. The van der Waals surface area contributed by atoms with Crippen molar-refractivity contribution < 1.29 is 19.4 Å². The van der Waals surface area contributed by atoms with Crippen molar-refractivity contribution in [2.75, 3.05) is 7.11 Å². The molecular weight excluding hydrogens is 508 g/mol. The highest BCUT2D eigenvalue weighted by Gasteiger charge is 2.33. The maximum absolute atomic E-state index is 13.8. The standard InChI is InChI=1S/C34H60O2.C3H4O2/c1-36-34(35)33(31-27-21-15-9-4-10-16-22-28-31)32(29-23-17-11-5-2-6-12-18-24-29)30-25-19-13-7-3-8-14-20-26-30;1-2-3(4)5/h29-31H,2-28H2,1H3;2H,1H2,(H,4,5). The van der Waals surface area contributed by atoms with E-state index in [1.807, 2.05) is 0 Å². The summed E-state index contributed by atoms with van der Waals surface area (Å²) in [5.41, 5.74) is 2.83. The summed E-state index contributed by atoms with van der Waals surface area (Å²) in [5, 5.41) is 7.60. The topological polar surface area (TPSA) is 63.6 Å². The second-order valence-corrected chi connectivity index (χ2v) is 13.2. The molecule has 3 fully saturated rings. The van der Waals surface area contributed by atoms with Gasteiger partial charge < -0.3 is 9.84 Å². The van der Waals surface area contributed by atoms with Gasteiger partial charge in [0.2, 0.25) is 0 Å². The predicted octanol–water partition coefficient (Wildman–Crippen LogP) is 11.1. The Kier molecular flexibility index (Phi) is 19.9. The molecule has 0 heterocycles. The molecule has 3 rings (SSSR count). The summed E-state index contributed by atoms with van der Waals surface area (Å²) >= 11 is 0. The van der Waals surface area contributed by atoms with Gasteiger partial charge in [-0.1, -0.05) is 147 Å². The number of hydrogen-bond donors (Lipinski definition) is 1. The zero-order valence-electron chi connectivity index (χ0n) is 26.8. The Morgan fingerprint density at radius 2 is 0.780 bits per heavy atom. The van der Waals surface area contributed by atoms with Crippen molar-refractivity contribution in [1.82, 2.24) is 0 Å². The molecule has 0 atom stereocenters. The maximum atomic E-state index is 13.8. The highest BCUT2D eigenvalue weighted by molar-refractivity contribution is 5.90. The summed E-state index contributed by atoms with van der Waals surface area (Å²) in [6, 6.07) is 0. The number of esters is 1. The van der Waals surface area contributed by atoms with E-state index >= 15 is 0 Å². The summed E-state index contributed by atoms with van der Waals surface area (Å²) in [7, 11) is 1.65. The van der Waals surface area contributed by atoms with Gasteiger partial charge in [0.1, 0.15) is 0 Å². The van der Waals surface area contributed by atoms with Crippen molar-refractivity contribution in [3.8, 4) is 0 Å². The SMILES string of the molecule is C=CC(=O)O.COC(=O)C(=C(C1CCCCCCCCC1)C1CCCCCCCCC1)C1CCCCCCCCC1. The Balaban J connectivity index is 0.00000108. The van der Waals surface area contributed by atoms with Crippen molar-refractivity contribution in [2.24, 2.45) is 17.8 Å². The van der Waals surface area contributed by atoms with Gasteiger partial charge in [-0.15, -0.1) is 0 Å². The van der Waals surface area contributed by atoms with Crippen LogP contribution in [-0.4, -0.2) is 24.2 Å². The van der Waals surface area contributed by atoms with E-state index in [9.17, 15) is 9.59 Å². The van der Waals surface area contributed by atoms with Gasteiger partial charge in [-0.25, -0.2) is 9.59 Å². The normalized spacial score (nSPS) is 22.2. The number of aliphatic carboxylic acids is 1. The average Bonchev–Trinajstić information content (AvgIpc) is 3.00. The van der Waals surface area contributed by atoms with Gasteiger partial charge in [-0.2, -0.15) is 0 Å². The molecular formula is C37H64O4. The number of carboxylic acid groups (broad SMARTS) is 1. The number of rotatable bonds is 5. The number of allylic oxidation sites excluding steroid dienone is 1. The van der Waals surface area contributed by atoms with Crippen LogP contribution in [0, 0.1) is 17.8 Å². The van der Waals surface area contributed by atoms with Gasteiger partial charge in [0.05, 0.1) is 7.11 Å². The van der Waals surface area contributed by atoms with Crippen LogP contribution in [0.3, 0.4) is 0 Å². The van der Waals surface area contributed by atoms with Crippen molar-refractivity contribution in [2.45, 2.75) is 173 Å². The van der Waals surface area contributed by atoms with Crippen molar-refractivity contribution >= 4 is 11.9 Å². The van der Waals surface area contributed by atoms with E-state index in [1.165, 1.54) is 179 Å². The quantitative estimate of drug-likeness (QED) is 0.263. The fourth-order valence-corrected chi connectivity index (χ4v) is 7.74. The first-order valence-corrected chi connectivity index (χ1v) is 17.8. The average molecular weight is 573 g/mol. The molecule has 236 valence electrons. The largest absolute Gasteiger partial charge is 0.478 e. The lowest BCUT2D eigenvalue weighted by Gasteiger charge is -2.34. The third kappa shape index (κ3) is 14.9. The van der Waals surface area contributed by atoms with Crippen LogP contribution in [0.4, 0.5) is 0 Å². The van der Waals surface area contributed by atoms with Gasteiger partial charge in [-0.3, -0.25) is 0 Å². The number of hydrogen-bond acceptors (Lipinski definition) is 3. The molecule has 0 bridgehead atoms. The molecule has 3 aliphatic carbocycles. The molecule has 0 aromatic rings. The van der Waals surface area contributed by atoms with Crippen molar-refractivity contribution in [3.63, 3.8) is 0 Å². The van der Waals surface area contributed by atoms with Gasteiger partial charge >= 0.3 is 11.9 Å². The molecule has 0 radical (unpaired) electrons. The van der Waals surface area contributed by atoms with Crippen LogP contribution in [0.15, 0.2) is 23.8 Å². The molecule has 0 saturated heterocycles. The van der Waals surface area contributed by atoms with E-state index in [0.29, 0.717) is 17.8 Å². The number of carboxylic acids is 1. The molecule has 0 amide bonds. The molecule has 0 aliphatic heterocycles. The van der Waals surface area contributed by atoms with E-state index in [2.05, 4.69) is 6.58 Å². The molecule has 0 unspecified atom stereocenters. The molecule has 3 saturated carbocycles. The molecule has 0 aromatic heterocycles. The van der Waals surface area contributed by atoms with Gasteiger partial charge in [0.25, 0.3) is 0 Å². The van der Waals surface area contributed by atoms with Crippen LogP contribution < -0.4 is 0 Å². The summed E-state index contributed by atoms with van der Waals surface area (Å²) in [4.78, 5) is 23.0. The molecule has 4 nitrogen and oxygen atoms in total. The third-order valence-electron chi connectivity index (χ3n) is 9.99. The summed E-state index contributed by atoms with van der Waals surface area (Å²) in [5.74, 6) is 0.712. The van der Waals surface area contributed by atoms with E-state index in [1.54, 1.807) is 12.7 Å². The second kappa shape index (κ2) is 22.9. The fraction of sp³-hybridized carbons (Fsp3) is 0.838. The van der Waals surface area contributed by atoms with Crippen LogP contribution in [0.5, 0.6) is 0 Å². The smallest absolute Gasteiger partial charge is 0.333 e. The zero-order chi connectivity index (χ0) is 29.5. The van der Waals surface area contributed by atoms with Crippen LogP contribution >= 0.6 is 0 Å². The first kappa shape index (κ1) is 35.6. The Labute approximate surface area is 253 Å². The summed E-state index contributed by atoms with van der Waals surface area (Å²) in [6.07, 6.45) is 37.2. The first-order valence-electron chi connectivity index (χ1n) is 17.8. The van der Waals surface area contributed by atoms with E-state index < -0.39 is 5.97 Å². The van der Waals surface area contributed by atoms with Crippen LogP contribution in [0.25, 0.3) is 0 Å². The van der Waals surface area contributed by atoms with Crippen LogP contribution in [-0.2, 0) is 14.3 Å². The van der Waals surface area contributed by atoms with Gasteiger partial charge in [-0.05, 0) is 56.3 Å². The lowest BCUT2D eigenvalue weighted by molar-refractivity contribution is -0.137. The van der Waals surface area contributed by atoms with E-state index in [-0.39, 0.29) is 5.97 Å². The number of ether oxygens (including phenoxy) is 1. The molecule has 1 N–H and O–H groups in total. The van der Waals surface area contributed by atoms with Crippen molar-refractivity contribution in [1.29, 1.82) is 0 Å². The molecule has 3 aliphatic rings. The Morgan fingerprint density at radius 1 is 0.537 bits per heavy atom. The van der Waals surface area contributed by atoms with E-state index in [4.69, 9.17) is 9.84 Å². The van der Waals surface area contributed by atoms with Gasteiger partial charge in [0.15, 0.2) is 0 Å². The van der Waals surface area contributed by atoms with Gasteiger partial charge in [0, 0.05) is 11.6 Å². The highest BCUT2D eigenvalue weighted by Crippen LogP contribution is 2.42. The van der Waals surface area contributed by atoms with Crippen molar-refractivity contribution in [3.05, 3.63) is 23.8 Å². The molecule has 0 aromatic carbocycles. The van der Waals surface area contributed by atoms with E-state index in [0.717, 1.165) is 6.08 Å². The Morgan fingerprint density at radius 3 is 1.02 bits per heavy atom. The number of methoxy groups -OCH3 is 1. The minimum atomic E-state index is -0.981. The lowest BCUT2D eigenvalue weighted by Crippen LogP contribution is -2.26. The van der Waals surface area contributed by atoms with Crippen LogP contribution in [0.2, 0.25) is 0 Å². The monoisotopic (exact) mass is 572 g/mol. The van der Waals surface area contributed by atoms with Crippen LogP contribution in [0.1, 0.15) is 173 Å². The lowest BCUT2D eigenvalue weighted by atomic mass is 9.71. The maximum Gasteiger partial charge on any atom is 0.333 e. The minimum Gasteiger partial charge on any atom is -0.478 e. The Bertz CT molecular complexity index is 696. The minimum absolute atomic E-state index is 0.0428.